The van der Waals surface area contributed by atoms with Crippen molar-refractivity contribution in [2.75, 3.05) is 12.5 Å². The van der Waals surface area contributed by atoms with Gasteiger partial charge in [-0.05, 0) is 31.1 Å². The summed E-state index contributed by atoms with van der Waals surface area (Å²) in [6.45, 7) is 1.91. The zero-order valence-corrected chi connectivity index (χ0v) is 14.5. The molecule has 0 aliphatic rings. The van der Waals surface area contributed by atoms with Crippen molar-refractivity contribution in [2.45, 2.75) is 11.7 Å². The highest BCUT2D eigenvalue weighted by molar-refractivity contribution is 8.15. The van der Waals surface area contributed by atoms with Gasteiger partial charge in [-0.15, -0.1) is 11.8 Å². The van der Waals surface area contributed by atoms with E-state index in [9.17, 15) is 9.59 Å². The van der Waals surface area contributed by atoms with Gasteiger partial charge in [0.1, 0.15) is 4.75 Å². The molecular weight excluding hydrogens is 312 g/mol. The van der Waals surface area contributed by atoms with Crippen molar-refractivity contribution >= 4 is 34.4 Å². The molecule has 0 bridgehead atoms. The normalized spacial score (nSPS) is 13.4. The molecule has 0 N–H and O–H groups in total. The quantitative estimate of drug-likeness (QED) is 0.762. The number of carbonyl (C=O) groups excluding carboxylic acids is 2. The SMILES string of the molecule is CSC(=O)C(C)(SC)c1cccc(C(=O)c2ccccc2)c1. The van der Waals surface area contributed by atoms with Crippen molar-refractivity contribution in [3.05, 3.63) is 71.3 Å². The van der Waals surface area contributed by atoms with Gasteiger partial charge in [-0.1, -0.05) is 60.3 Å². The van der Waals surface area contributed by atoms with Gasteiger partial charge in [-0.2, -0.15) is 0 Å². The summed E-state index contributed by atoms with van der Waals surface area (Å²) in [7, 11) is 0. The Labute approximate surface area is 139 Å². The Kier molecular flexibility index (Phi) is 5.48. The smallest absolute Gasteiger partial charge is 0.208 e. The lowest BCUT2D eigenvalue weighted by molar-refractivity contribution is -0.112. The Morgan fingerprint density at radius 3 is 2.14 bits per heavy atom. The van der Waals surface area contributed by atoms with Crippen molar-refractivity contribution in [1.29, 1.82) is 0 Å². The largest absolute Gasteiger partial charge is 0.289 e. The first-order valence-corrected chi connectivity index (χ1v) is 9.31. The number of hydrogen-bond donors (Lipinski definition) is 0. The third-order valence-electron chi connectivity index (χ3n) is 3.69. The minimum atomic E-state index is -0.646. The van der Waals surface area contributed by atoms with Gasteiger partial charge < -0.3 is 0 Å². The standard InChI is InChI=1S/C18H18O2S2/c1-18(22-3,17(20)21-2)15-11-7-10-14(12-15)16(19)13-8-5-4-6-9-13/h4-12H,1-3H3. The zero-order valence-electron chi connectivity index (χ0n) is 12.8. The average molecular weight is 330 g/mol. The Balaban J connectivity index is 2.42. The van der Waals surface area contributed by atoms with Crippen LogP contribution < -0.4 is 0 Å². The van der Waals surface area contributed by atoms with E-state index in [1.165, 1.54) is 23.5 Å². The molecular formula is C18H18O2S2. The first-order valence-electron chi connectivity index (χ1n) is 6.87. The van der Waals surface area contributed by atoms with Crippen molar-refractivity contribution in [3.8, 4) is 0 Å². The Bertz CT molecular complexity index is 682. The third-order valence-corrected chi connectivity index (χ3v) is 5.84. The van der Waals surface area contributed by atoms with Gasteiger partial charge in [0.25, 0.3) is 0 Å². The van der Waals surface area contributed by atoms with E-state index in [0.29, 0.717) is 11.1 Å². The number of thioether (sulfide) groups is 2. The molecule has 2 aromatic carbocycles. The van der Waals surface area contributed by atoms with Crippen LogP contribution in [0.1, 0.15) is 28.4 Å². The van der Waals surface area contributed by atoms with E-state index >= 15 is 0 Å². The van der Waals surface area contributed by atoms with E-state index in [4.69, 9.17) is 0 Å². The van der Waals surface area contributed by atoms with Crippen molar-refractivity contribution in [2.24, 2.45) is 0 Å². The number of hydrogen-bond acceptors (Lipinski definition) is 4. The number of carbonyl (C=O) groups is 2. The van der Waals surface area contributed by atoms with Crippen LogP contribution in [0.5, 0.6) is 0 Å². The van der Waals surface area contributed by atoms with Crippen LogP contribution in [0.2, 0.25) is 0 Å². The monoisotopic (exact) mass is 330 g/mol. The molecule has 2 aromatic rings. The Morgan fingerprint density at radius 1 is 0.909 bits per heavy atom. The summed E-state index contributed by atoms with van der Waals surface area (Å²) in [6, 6.07) is 16.6. The molecule has 22 heavy (non-hydrogen) atoms. The van der Waals surface area contributed by atoms with E-state index in [-0.39, 0.29) is 10.9 Å². The van der Waals surface area contributed by atoms with E-state index in [0.717, 1.165) is 5.56 Å². The zero-order chi connectivity index (χ0) is 16.2. The lowest BCUT2D eigenvalue weighted by atomic mass is 9.96. The highest BCUT2D eigenvalue weighted by Crippen LogP contribution is 2.38. The summed E-state index contributed by atoms with van der Waals surface area (Å²) in [5.74, 6) is -0.0255. The lowest BCUT2D eigenvalue weighted by Crippen LogP contribution is -2.26. The van der Waals surface area contributed by atoms with Gasteiger partial charge in [0, 0.05) is 11.1 Å². The lowest BCUT2D eigenvalue weighted by Gasteiger charge is -2.25. The second-order valence-corrected chi connectivity index (χ2v) is 7.01. The predicted octanol–water partition coefficient (Wildman–Crippen LogP) is 4.39. The molecule has 1 unspecified atom stereocenters. The Hall–Kier alpha value is -1.52. The summed E-state index contributed by atoms with van der Waals surface area (Å²) < 4.78 is -0.646. The van der Waals surface area contributed by atoms with E-state index in [2.05, 4.69) is 0 Å². The van der Waals surface area contributed by atoms with Crippen LogP contribution in [0.15, 0.2) is 54.6 Å². The minimum absolute atomic E-state index is 0.0255. The summed E-state index contributed by atoms with van der Waals surface area (Å²) >= 11 is 2.71. The van der Waals surface area contributed by atoms with Gasteiger partial charge in [0.15, 0.2) is 5.78 Å². The molecule has 0 fully saturated rings. The molecule has 1 atom stereocenters. The highest BCUT2D eigenvalue weighted by atomic mass is 32.2. The minimum Gasteiger partial charge on any atom is -0.289 e. The van der Waals surface area contributed by atoms with Crippen LogP contribution in [-0.4, -0.2) is 23.4 Å². The van der Waals surface area contributed by atoms with E-state index in [1.807, 2.05) is 49.6 Å². The van der Waals surface area contributed by atoms with Crippen LogP contribution in [-0.2, 0) is 9.54 Å². The van der Waals surface area contributed by atoms with Gasteiger partial charge in [0.05, 0.1) is 0 Å². The van der Waals surface area contributed by atoms with Gasteiger partial charge in [-0.25, -0.2) is 0 Å². The van der Waals surface area contributed by atoms with Crippen LogP contribution in [0.25, 0.3) is 0 Å². The number of ketones is 1. The topological polar surface area (TPSA) is 34.1 Å². The first-order chi connectivity index (χ1) is 10.5. The van der Waals surface area contributed by atoms with Crippen molar-refractivity contribution < 1.29 is 9.59 Å². The van der Waals surface area contributed by atoms with Gasteiger partial charge in [-0.3, -0.25) is 9.59 Å². The maximum absolute atomic E-state index is 12.6. The molecule has 0 amide bonds. The number of benzene rings is 2. The Morgan fingerprint density at radius 2 is 1.55 bits per heavy atom. The van der Waals surface area contributed by atoms with Gasteiger partial charge in [0.2, 0.25) is 5.12 Å². The summed E-state index contributed by atoms with van der Waals surface area (Å²) in [5, 5.41) is 0.0873. The maximum Gasteiger partial charge on any atom is 0.208 e. The first kappa shape index (κ1) is 16.8. The van der Waals surface area contributed by atoms with Crippen molar-refractivity contribution in [1.82, 2.24) is 0 Å². The molecule has 4 heteroatoms. The molecule has 0 radical (unpaired) electrons. The van der Waals surface area contributed by atoms with Crippen LogP contribution in [0.4, 0.5) is 0 Å². The van der Waals surface area contributed by atoms with Crippen LogP contribution in [0, 0.1) is 0 Å². The van der Waals surface area contributed by atoms with E-state index in [1.54, 1.807) is 24.5 Å². The summed E-state index contributed by atoms with van der Waals surface area (Å²) in [4.78, 5) is 24.8. The fraction of sp³-hybridized carbons (Fsp3) is 0.222. The molecule has 0 saturated heterocycles. The highest BCUT2D eigenvalue weighted by Gasteiger charge is 2.34. The van der Waals surface area contributed by atoms with E-state index < -0.39 is 4.75 Å². The fourth-order valence-corrected chi connectivity index (χ4v) is 3.76. The van der Waals surface area contributed by atoms with Crippen LogP contribution >= 0.6 is 23.5 Å². The van der Waals surface area contributed by atoms with Gasteiger partial charge >= 0.3 is 0 Å². The molecule has 0 aliphatic carbocycles. The molecule has 2 nitrogen and oxygen atoms in total. The predicted molar refractivity (Wildman–Crippen MR) is 95.7 cm³/mol. The molecule has 2 rings (SSSR count). The molecule has 0 aromatic heterocycles. The van der Waals surface area contributed by atoms with Crippen LogP contribution in [0.3, 0.4) is 0 Å². The fourth-order valence-electron chi connectivity index (χ4n) is 2.23. The molecule has 0 heterocycles. The second kappa shape index (κ2) is 7.16. The summed E-state index contributed by atoms with van der Waals surface area (Å²) in [5.41, 5.74) is 2.13. The molecule has 0 spiro atoms. The average Bonchev–Trinajstić information content (AvgIpc) is 2.60. The number of rotatable bonds is 5. The maximum atomic E-state index is 12.6. The van der Waals surface area contributed by atoms with Crippen molar-refractivity contribution in [3.63, 3.8) is 0 Å². The molecule has 0 saturated carbocycles. The second-order valence-electron chi connectivity index (χ2n) is 5.00. The summed E-state index contributed by atoms with van der Waals surface area (Å²) in [6.07, 6.45) is 3.70. The molecule has 0 aliphatic heterocycles. The molecule has 114 valence electrons. The third kappa shape index (κ3) is 3.28.